The maximum Gasteiger partial charge on any atom is 0.230 e. The number of hydrogen-bond donors (Lipinski definition) is 2. The summed E-state index contributed by atoms with van der Waals surface area (Å²) in [5.74, 6) is 0.766. The van der Waals surface area contributed by atoms with Crippen LogP contribution in [0.5, 0.6) is 5.75 Å². The molecule has 3 rings (SSSR count). The molecule has 1 N–H and O–H groups in total. The highest BCUT2D eigenvalue weighted by Gasteiger charge is 2.11. The predicted molar refractivity (Wildman–Crippen MR) is 98.9 cm³/mol. The molecule has 0 amide bonds. The van der Waals surface area contributed by atoms with Gasteiger partial charge in [-0.05, 0) is 36.8 Å². The van der Waals surface area contributed by atoms with E-state index in [0.717, 1.165) is 11.3 Å². The van der Waals surface area contributed by atoms with Crippen molar-refractivity contribution in [1.82, 2.24) is 15.0 Å². The van der Waals surface area contributed by atoms with Crippen LogP contribution in [-0.2, 0) is 0 Å². The number of rotatable bonds is 5. The molecule has 0 saturated carbocycles. The van der Waals surface area contributed by atoms with Gasteiger partial charge in [0.2, 0.25) is 5.95 Å². The molecule has 1 unspecified atom stereocenters. The molecule has 1 aromatic heterocycles. The zero-order valence-electron chi connectivity index (χ0n) is 13.8. The summed E-state index contributed by atoms with van der Waals surface area (Å²) in [6.45, 7) is 2.00. The molecule has 0 spiro atoms. The molecule has 0 aliphatic rings. The van der Waals surface area contributed by atoms with E-state index >= 15 is 0 Å². The Morgan fingerprint density at radius 3 is 2.76 bits per heavy atom. The lowest BCUT2D eigenvalue weighted by molar-refractivity contribution is 0.412. The van der Waals surface area contributed by atoms with E-state index < -0.39 is 0 Å². The average molecular weight is 356 g/mol. The number of nitrogens with zero attached hydrogens (tertiary/aromatic N) is 3. The van der Waals surface area contributed by atoms with Gasteiger partial charge in [0.25, 0.3) is 0 Å². The molecule has 1 heterocycles. The summed E-state index contributed by atoms with van der Waals surface area (Å²) in [4.78, 5) is 12.7. The van der Waals surface area contributed by atoms with Gasteiger partial charge >= 0.3 is 0 Å². The van der Waals surface area contributed by atoms with Crippen LogP contribution >= 0.6 is 12.6 Å². The van der Waals surface area contributed by atoms with Crippen molar-refractivity contribution in [2.45, 2.75) is 12.2 Å². The maximum absolute atomic E-state index is 13.4. The Balaban J connectivity index is 1.91. The lowest BCUT2D eigenvalue weighted by Crippen LogP contribution is -2.01. The van der Waals surface area contributed by atoms with Gasteiger partial charge in [0.05, 0.1) is 12.7 Å². The molecule has 0 saturated heterocycles. The van der Waals surface area contributed by atoms with Crippen LogP contribution in [-0.4, -0.2) is 22.1 Å². The van der Waals surface area contributed by atoms with Crippen LogP contribution in [0.25, 0.3) is 11.4 Å². The molecule has 0 aliphatic heterocycles. The largest absolute Gasteiger partial charge is 0.496 e. The Morgan fingerprint density at radius 2 is 2.00 bits per heavy atom. The first kappa shape index (κ1) is 17.2. The number of aromatic nitrogens is 3. The smallest absolute Gasteiger partial charge is 0.230 e. The topological polar surface area (TPSA) is 59.9 Å². The van der Waals surface area contributed by atoms with Gasteiger partial charge in [0, 0.05) is 17.0 Å². The van der Waals surface area contributed by atoms with Gasteiger partial charge in [-0.15, -0.1) is 0 Å². The molecule has 0 radical (unpaired) electrons. The number of anilines is 2. The number of benzene rings is 2. The van der Waals surface area contributed by atoms with E-state index in [-0.39, 0.29) is 11.1 Å². The molecule has 0 aliphatic carbocycles. The van der Waals surface area contributed by atoms with E-state index in [1.807, 2.05) is 31.2 Å². The SMILES string of the molecule is COc1cc(F)ccc1-c1ncnc(Nc2cccc(C(C)S)c2)n1. The minimum absolute atomic E-state index is 0.124. The van der Waals surface area contributed by atoms with Crippen molar-refractivity contribution in [3.05, 3.63) is 60.2 Å². The van der Waals surface area contributed by atoms with Crippen molar-refractivity contribution >= 4 is 24.3 Å². The highest BCUT2D eigenvalue weighted by atomic mass is 32.1. The van der Waals surface area contributed by atoms with Gasteiger partial charge in [-0.2, -0.15) is 17.6 Å². The molecule has 5 nitrogen and oxygen atoms in total. The van der Waals surface area contributed by atoms with E-state index in [9.17, 15) is 4.39 Å². The van der Waals surface area contributed by atoms with Crippen LogP contribution in [0, 0.1) is 5.82 Å². The van der Waals surface area contributed by atoms with Crippen molar-refractivity contribution < 1.29 is 9.13 Å². The van der Waals surface area contributed by atoms with Crippen molar-refractivity contribution in [1.29, 1.82) is 0 Å². The molecule has 0 fully saturated rings. The predicted octanol–water partition coefficient (Wildman–Crippen LogP) is 4.42. The summed E-state index contributed by atoms with van der Waals surface area (Å²) in [5.41, 5.74) is 2.52. The first-order valence-electron chi connectivity index (χ1n) is 7.65. The number of ether oxygens (including phenoxy) is 1. The summed E-state index contributed by atoms with van der Waals surface area (Å²) in [5, 5.41) is 3.27. The molecule has 128 valence electrons. The van der Waals surface area contributed by atoms with Gasteiger partial charge in [0.1, 0.15) is 17.9 Å². The monoisotopic (exact) mass is 356 g/mol. The molecule has 1 atom stereocenters. The fourth-order valence-electron chi connectivity index (χ4n) is 2.34. The number of hydrogen-bond acceptors (Lipinski definition) is 6. The Kier molecular flexibility index (Phi) is 5.14. The standard InChI is InChI=1S/C18H17FN4OS/c1-11(25)12-4-3-5-14(8-12)22-18-21-10-20-17(23-18)15-7-6-13(19)9-16(15)24-2/h3-11,25H,1-2H3,(H,20,21,22,23). The molecular formula is C18H17FN4OS. The minimum Gasteiger partial charge on any atom is -0.496 e. The quantitative estimate of drug-likeness (QED) is 0.663. The van der Waals surface area contributed by atoms with Crippen LogP contribution in [0.2, 0.25) is 0 Å². The summed E-state index contributed by atoms with van der Waals surface area (Å²) in [7, 11) is 1.47. The number of thiol groups is 1. The van der Waals surface area contributed by atoms with Gasteiger partial charge in [-0.1, -0.05) is 12.1 Å². The fourth-order valence-corrected chi connectivity index (χ4v) is 2.50. The lowest BCUT2D eigenvalue weighted by Gasteiger charge is -2.10. The van der Waals surface area contributed by atoms with Crippen LogP contribution in [0.1, 0.15) is 17.7 Å². The van der Waals surface area contributed by atoms with E-state index in [2.05, 4.69) is 32.9 Å². The van der Waals surface area contributed by atoms with Crippen LogP contribution in [0.4, 0.5) is 16.0 Å². The van der Waals surface area contributed by atoms with Crippen LogP contribution in [0.3, 0.4) is 0 Å². The average Bonchev–Trinajstić information content (AvgIpc) is 2.62. The Bertz CT molecular complexity index is 888. The lowest BCUT2D eigenvalue weighted by atomic mass is 10.1. The number of halogens is 1. The van der Waals surface area contributed by atoms with Crippen LogP contribution in [0.15, 0.2) is 48.8 Å². The Morgan fingerprint density at radius 1 is 1.16 bits per heavy atom. The third-order valence-corrected chi connectivity index (χ3v) is 3.90. The minimum atomic E-state index is -0.384. The fraction of sp³-hybridized carbons (Fsp3) is 0.167. The molecule has 0 bridgehead atoms. The number of methoxy groups -OCH3 is 1. The van der Waals surface area contributed by atoms with Crippen molar-refractivity contribution in [3.63, 3.8) is 0 Å². The molecular weight excluding hydrogens is 339 g/mol. The van der Waals surface area contributed by atoms with Gasteiger partial charge in [-0.25, -0.2) is 14.4 Å². The zero-order valence-corrected chi connectivity index (χ0v) is 14.7. The third kappa shape index (κ3) is 4.06. The highest BCUT2D eigenvalue weighted by Crippen LogP contribution is 2.29. The van der Waals surface area contributed by atoms with Crippen molar-refractivity contribution in [3.8, 4) is 17.1 Å². The summed E-state index contributed by atoms with van der Waals surface area (Å²) in [6.07, 6.45) is 1.40. The van der Waals surface area contributed by atoms with Crippen molar-refractivity contribution in [2.24, 2.45) is 0 Å². The summed E-state index contributed by atoms with van der Waals surface area (Å²) < 4.78 is 18.6. The third-order valence-electron chi connectivity index (χ3n) is 3.60. The van der Waals surface area contributed by atoms with Crippen molar-refractivity contribution in [2.75, 3.05) is 12.4 Å². The molecule has 2 aromatic carbocycles. The molecule has 3 aromatic rings. The molecule has 7 heteroatoms. The van der Waals surface area contributed by atoms with Gasteiger partial charge < -0.3 is 10.1 Å². The second-order valence-electron chi connectivity index (χ2n) is 5.40. The normalized spacial score (nSPS) is 11.8. The first-order valence-corrected chi connectivity index (χ1v) is 8.16. The first-order chi connectivity index (χ1) is 12.1. The highest BCUT2D eigenvalue weighted by molar-refractivity contribution is 7.80. The van der Waals surface area contributed by atoms with Gasteiger partial charge in [-0.3, -0.25) is 0 Å². The van der Waals surface area contributed by atoms with E-state index in [1.165, 1.54) is 25.6 Å². The zero-order chi connectivity index (χ0) is 17.8. The van der Waals surface area contributed by atoms with Crippen LogP contribution < -0.4 is 10.1 Å². The van der Waals surface area contributed by atoms with E-state index in [1.54, 1.807) is 6.07 Å². The number of nitrogens with one attached hydrogen (secondary N) is 1. The van der Waals surface area contributed by atoms with E-state index in [0.29, 0.717) is 23.1 Å². The second-order valence-corrected chi connectivity index (χ2v) is 6.18. The molecule has 25 heavy (non-hydrogen) atoms. The maximum atomic E-state index is 13.4. The van der Waals surface area contributed by atoms with E-state index in [4.69, 9.17) is 4.74 Å². The Hall–Kier alpha value is -2.67. The Labute approximate surface area is 150 Å². The summed E-state index contributed by atoms with van der Waals surface area (Å²) >= 11 is 4.44. The van der Waals surface area contributed by atoms with Gasteiger partial charge in [0.15, 0.2) is 5.82 Å². The summed E-state index contributed by atoms with van der Waals surface area (Å²) in [6, 6.07) is 12.1. The second kappa shape index (κ2) is 7.48.